The average Bonchev–Trinajstić information content (AvgIpc) is 3.29. The standard InChI is InChI=1S/C21H17ClN4O2/c1-14-10-19(26(25-14)18-9-5-8-16(22)11-18)24-20(27)12-17-13-28-21(23-17)15-6-3-2-4-7-15/h2-11,13H,12H2,1H3,(H,24,27). The molecule has 0 saturated carbocycles. The molecule has 6 nitrogen and oxygen atoms in total. The number of benzene rings is 2. The van der Waals surface area contributed by atoms with Crippen LogP contribution >= 0.6 is 11.6 Å². The summed E-state index contributed by atoms with van der Waals surface area (Å²) in [7, 11) is 0. The van der Waals surface area contributed by atoms with Gasteiger partial charge in [-0.25, -0.2) is 9.67 Å². The molecule has 2 aromatic heterocycles. The lowest BCUT2D eigenvalue weighted by molar-refractivity contribution is -0.115. The molecule has 4 rings (SSSR count). The fourth-order valence-electron chi connectivity index (χ4n) is 2.85. The van der Waals surface area contributed by atoms with Crippen LogP contribution in [0.4, 0.5) is 5.82 Å². The average molecular weight is 393 g/mol. The van der Waals surface area contributed by atoms with Gasteiger partial charge in [0.2, 0.25) is 11.8 Å². The van der Waals surface area contributed by atoms with E-state index in [1.165, 1.54) is 6.26 Å². The summed E-state index contributed by atoms with van der Waals surface area (Å²) in [6, 6.07) is 18.6. The summed E-state index contributed by atoms with van der Waals surface area (Å²) < 4.78 is 7.14. The fourth-order valence-corrected chi connectivity index (χ4v) is 3.03. The molecule has 0 unspecified atom stereocenters. The number of hydrogen-bond acceptors (Lipinski definition) is 4. The van der Waals surface area contributed by atoms with Gasteiger partial charge in [-0.2, -0.15) is 5.10 Å². The van der Waals surface area contributed by atoms with E-state index in [0.717, 1.165) is 16.9 Å². The highest BCUT2D eigenvalue weighted by molar-refractivity contribution is 6.30. The van der Waals surface area contributed by atoms with Crippen molar-refractivity contribution in [1.29, 1.82) is 0 Å². The van der Waals surface area contributed by atoms with Crippen LogP contribution in [0.3, 0.4) is 0 Å². The SMILES string of the molecule is Cc1cc(NC(=O)Cc2coc(-c3ccccc3)n2)n(-c2cccc(Cl)c2)n1. The molecule has 4 aromatic rings. The Bertz CT molecular complexity index is 1120. The lowest BCUT2D eigenvalue weighted by Gasteiger charge is -2.08. The fraction of sp³-hybridized carbons (Fsp3) is 0.0952. The first-order chi connectivity index (χ1) is 13.6. The van der Waals surface area contributed by atoms with Gasteiger partial charge in [-0.05, 0) is 37.3 Å². The maximum absolute atomic E-state index is 12.5. The van der Waals surface area contributed by atoms with Gasteiger partial charge in [0, 0.05) is 16.7 Å². The van der Waals surface area contributed by atoms with Gasteiger partial charge < -0.3 is 9.73 Å². The molecule has 0 radical (unpaired) electrons. The van der Waals surface area contributed by atoms with E-state index in [2.05, 4.69) is 15.4 Å². The number of hydrogen-bond donors (Lipinski definition) is 1. The number of carbonyl (C=O) groups excluding carboxylic acids is 1. The summed E-state index contributed by atoms with van der Waals surface area (Å²) in [4.78, 5) is 16.9. The molecule has 2 heterocycles. The molecule has 0 aliphatic carbocycles. The first kappa shape index (κ1) is 18.0. The number of oxazole rings is 1. The molecule has 140 valence electrons. The van der Waals surface area contributed by atoms with Crippen LogP contribution in [-0.4, -0.2) is 20.7 Å². The smallest absolute Gasteiger partial charge is 0.231 e. The second-order valence-electron chi connectivity index (χ2n) is 6.30. The Morgan fingerprint density at radius 2 is 1.96 bits per heavy atom. The van der Waals surface area contributed by atoms with Crippen molar-refractivity contribution in [3.63, 3.8) is 0 Å². The van der Waals surface area contributed by atoms with E-state index in [9.17, 15) is 4.79 Å². The highest BCUT2D eigenvalue weighted by Gasteiger charge is 2.14. The van der Waals surface area contributed by atoms with Crippen molar-refractivity contribution < 1.29 is 9.21 Å². The van der Waals surface area contributed by atoms with E-state index in [1.54, 1.807) is 22.9 Å². The molecule has 0 aliphatic rings. The van der Waals surface area contributed by atoms with Gasteiger partial charge in [0.25, 0.3) is 0 Å². The van der Waals surface area contributed by atoms with Crippen molar-refractivity contribution >= 4 is 23.3 Å². The Balaban J connectivity index is 1.50. The van der Waals surface area contributed by atoms with Crippen LogP contribution in [0.25, 0.3) is 17.1 Å². The molecule has 0 saturated heterocycles. The normalized spacial score (nSPS) is 10.8. The number of rotatable bonds is 5. The van der Waals surface area contributed by atoms with Crippen LogP contribution in [0.5, 0.6) is 0 Å². The predicted octanol–water partition coefficient (Wildman–Crippen LogP) is 4.67. The maximum atomic E-state index is 12.5. The summed E-state index contributed by atoms with van der Waals surface area (Å²) in [6.45, 7) is 1.86. The highest BCUT2D eigenvalue weighted by atomic mass is 35.5. The summed E-state index contributed by atoms with van der Waals surface area (Å²) in [5.74, 6) is 0.843. The molecule has 0 atom stereocenters. The lowest BCUT2D eigenvalue weighted by Crippen LogP contribution is -2.17. The molecule has 0 bridgehead atoms. The molecule has 2 aromatic carbocycles. The first-order valence-corrected chi connectivity index (χ1v) is 9.08. The Hall–Kier alpha value is -3.38. The lowest BCUT2D eigenvalue weighted by atomic mass is 10.2. The van der Waals surface area contributed by atoms with Gasteiger partial charge in [0.05, 0.1) is 23.5 Å². The minimum absolute atomic E-state index is 0.0934. The molecular weight excluding hydrogens is 376 g/mol. The van der Waals surface area contributed by atoms with Gasteiger partial charge in [-0.15, -0.1) is 0 Å². The molecule has 1 N–H and O–H groups in total. The number of nitrogens with zero attached hydrogens (tertiary/aromatic N) is 3. The number of aryl methyl sites for hydroxylation is 1. The summed E-state index contributed by atoms with van der Waals surface area (Å²) >= 11 is 6.07. The third-order valence-electron chi connectivity index (χ3n) is 4.07. The minimum atomic E-state index is -0.212. The monoisotopic (exact) mass is 392 g/mol. The maximum Gasteiger partial charge on any atom is 0.231 e. The van der Waals surface area contributed by atoms with E-state index >= 15 is 0 Å². The summed E-state index contributed by atoms with van der Waals surface area (Å²) in [5.41, 5.74) is 2.97. The molecule has 1 amide bonds. The zero-order valence-corrected chi connectivity index (χ0v) is 15.8. The van der Waals surface area contributed by atoms with Crippen molar-refractivity contribution in [2.75, 3.05) is 5.32 Å². The van der Waals surface area contributed by atoms with Crippen molar-refractivity contribution in [2.24, 2.45) is 0 Å². The van der Waals surface area contributed by atoms with Crippen molar-refractivity contribution in [3.05, 3.63) is 83.3 Å². The van der Waals surface area contributed by atoms with E-state index in [0.29, 0.717) is 22.4 Å². The molecule has 7 heteroatoms. The Labute approximate surface area is 166 Å². The molecule has 0 fully saturated rings. The van der Waals surface area contributed by atoms with Gasteiger partial charge >= 0.3 is 0 Å². The number of anilines is 1. The second kappa shape index (κ2) is 7.70. The predicted molar refractivity (Wildman–Crippen MR) is 108 cm³/mol. The van der Waals surface area contributed by atoms with Crippen LogP contribution in [0, 0.1) is 6.92 Å². The largest absolute Gasteiger partial charge is 0.444 e. The molecular formula is C21H17ClN4O2. The van der Waals surface area contributed by atoms with Crippen LogP contribution in [0.1, 0.15) is 11.4 Å². The van der Waals surface area contributed by atoms with Gasteiger partial charge in [-0.1, -0.05) is 35.9 Å². The highest BCUT2D eigenvalue weighted by Crippen LogP contribution is 2.21. The topological polar surface area (TPSA) is 73.0 Å². The number of nitrogens with one attached hydrogen (secondary N) is 1. The second-order valence-corrected chi connectivity index (χ2v) is 6.73. The number of aromatic nitrogens is 3. The van der Waals surface area contributed by atoms with E-state index in [4.69, 9.17) is 16.0 Å². The third kappa shape index (κ3) is 3.97. The zero-order valence-electron chi connectivity index (χ0n) is 15.1. The zero-order chi connectivity index (χ0) is 19.5. The third-order valence-corrected chi connectivity index (χ3v) is 4.30. The Morgan fingerprint density at radius 1 is 1.14 bits per heavy atom. The van der Waals surface area contributed by atoms with E-state index in [-0.39, 0.29) is 12.3 Å². The molecule has 28 heavy (non-hydrogen) atoms. The molecule has 0 spiro atoms. The van der Waals surface area contributed by atoms with Crippen molar-refractivity contribution in [1.82, 2.24) is 14.8 Å². The Kier molecular flexibility index (Phi) is 4.95. The Morgan fingerprint density at radius 3 is 2.75 bits per heavy atom. The van der Waals surface area contributed by atoms with Crippen LogP contribution in [0.2, 0.25) is 5.02 Å². The number of carbonyl (C=O) groups is 1. The van der Waals surface area contributed by atoms with Crippen molar-refractivity contribution in [2.45, 2.75) is 13.3 Å². The first-order valence-electron chi connectivity index (χ1n) is 8.71. The summed E-state index contributed by atoms with van der Waals surface area (Å²) in [5, 5.41) is 7.91. The summed E-state index contributed by atoms with van der Waals surface area (Å²) in [6.07, 6.45) is 1.59. The van der Waals surface area contributed by atoms with Gasteiger partial charge in [0.15, 0.2) is 0 Å². The van der Waals surface area contributed by atoms with Gasteiger partial charge in [0.1, 0.15) is 12.1 Å². The van der Waals surface area contributed by atoms with E-state index < -0.39 is 0 Å². The number of halogens is 1. The van der Waals surface area contributed by atoms with Crippen LogP contribution in [0.15, 0.2) is 71.3 Å². The molecule has 0 aliphatic heterocycles. The number of amides is 1. The van der Waals surface area contributed by atoms with Gasteiger partial charge in [-0.3, -0.25) is 4.79 Å². The minimum Gasteiger partial charge on any atom is -0.444 e. The van der Waals surface area contributed by atoms with Crippen LogP contribution < -0.4 is 5.32 Å². The quantitative estimate of drug-likeness (QED) is 0.535. The van der Waals surface area contributed by atoms with E-state index in [1.807, 2.05) is 49.4 Å². The van der Waals surface area contributed by atoms with Crippen molar-refractivity contribution in [3.8, 4) is 17.1 Å². The van der Waals surface area contributed by atoms with Crippen LogP contribution in [-0.2, 0) is 11.2 Å².